The molecule has 1 N–H and O–H groups in total. The number of aromatic nitrogens is 3. The molecule has 6 heteroatoms. The Balaban J connectivity index is 2.07. The molecule has 0 aliphatic rings. The van der Waals surface area contributed by atoms with Crippen LogP contribution < -0.4 is 10.2 Å². The normalized spacial score (nSPS) is 10.3. The first kappa shape index (κ1) is 14.5. The predicted octanol–water partition coefficient (Wildman–Crippen LogP) is 2.98. The van der Waals surface area contributed by atoms with Crippen molar-refractivity contribution in [2.24, 2.45) is 0 Å². The highest BCUT2D eigenvalue weighted by Gasteiger charge is 2.06. The molecule has 2 aromatic rings. The monoisotopic (exact) mass is 291 g/mol. The predicted molar refractivity (Wildman–Crippen MR) is 82.2 cm³/mol. The van der Waals surface area contributed by atoms with E-state index in [1.807, 2.05) is 24.3 Å². The van der Waals surface area contributed by atoms with Crippen molar-refractivity contribution in [1.82, 2.24) is 15.2 Å². The molecule has 0 saturated carbocycles. The number of nitrogens with zero attached hydrogens (tertiary/aromatic N) is 4. The second-order valence-corrected chi connectivity index (χ2v) is 4.66. The second-order valence-electron chi connectivity index (χ2n) is 4.26. The van der Waals surface area contributed by atoms with Crippen molar-refractivity contribution in [3.8, 4) is 0 Å². The number of rotatable bonds is 6. The van der Waals surface area contributed by atoms with Crippen LogP contribution in [-0.4, -0.2) is 28.3 Å². The lowest BCUT2D eigenvalue weighted by molar-refractivity contribution is 0.822. The van der Waals surface area contributed by atoms with Crippen LogP contribution in [0.3, 0.4) is 0 Å². The van der Waals surface area contributed by atoms with Crippen LogP contribution in [0.2, 0.25) is 5.02 Å². The van der Waals surface area contributed by atoms with E-state index in [1.54, 1.807) is 6.20 Å². The highest BCUT2D eigenvalue weighted by atomic mass is 35.5. The Morgan fingerprint density at radius 1 is 1.20 bits per heavy atom. The summed E-state index contributed by atoms with van der Waals surface area (Å²) in [5.41, 5.74) is 1.01. The Hall–Kier alpha value is -1.88. The quantitative estimate of drug-likeness (QED) is 0.887. The molecule has 0 fully saturated rings. The van der Waals surface area contributed by atoms with Crippen LogP contribution in [0, 0.1) is 0 Å². The average molecular weight is 292 g/mol. The third-order valence-corrected chi connectivity index (χ3v) is 3.40. The van der Waals surface area contributed by atoms with Gasteiger partial charge in [0, 0.05) is 24.7 Å². The SMILES string of the molecule is CCN(CC)c1cnnc(NCc2ccccc2Cl)n1. The van der Waals surface area contributed by atoms with Crippen molar-refractivity contribution in [2.45, 2.75) is 20.4 Å². The minimum absolute atomic E-state index is 0.509. The molecular formula is C14H18ClN5. The van der Waals surface area contributed by atoms with Gasteiger partial charge >= 0.3 is 0 Å². The van der Waals surface area contributed by atoms with Crippen molar-refractivity contribution < 1.29 is 0 Å². The average Bonchev–Trinajstić information content (AvgIpc) is 2.48. The third kappa shape index (κ3) is 3.57. The van der Waals surface area contributed by atoms with E-state index in [1.165, 1.54) is 0 Å². The fourth-order valence-corrected chi connectivity index (χ4v) is 2.09. The Labute approximate surface area is 124 Å². The zero-order valence-corrected chi connectivity index (χ0v) is 12.4. The van der Waals surface area contributed by atoms with Gasteiger partial charge in [0.2, 0.25) is 5.95 Å². The van der Waals surface area contributed by atoms with E-state index < -0.39 is 0 Å². The van der Waals surface area contributed by atoms with Crippen LogP contribution in [0.25, 0.3) is 0 Å². The molecule has 5 nitrogen and oxygen atoms in total. The Kier molecular flexibility index (Phi) is 5.12. The minimum atomic E-state index is 0.509. The molecule has 1 heterocycles. The number of nitrogens with one attached hydrogen (secondary N) is 1. The van der Waals surface area contributed by atoms with E-state index >= 15 is 0 Å². The molecule has 1 aromatic carbocycles. The Bertz CT molecular complexity index is 557. The first-order chi connectivity index (χ1) is 9.74. The molecule has 0 aliphatic heterocycles. The van der Waals surface area contributed by atoms with Crippen LogP contribution >= 0.6 is 11.6 Å². The first-order valence-electron chi connectivity index (χ1n) is 6.66. The van der Waals surface area contributed by atoms with E-state index in [-0.39, 0.29) is 0 Å². The minimum Gasteiger partial charge on any atom is -0.356 e. The maximum Gasteiger partial charge on any atom is 0.244 e. The summed E-state index contributed by atoms with van der Waals surface area (Å²) in [4.78, 5) is 6.58. The summed E-state index contributed by atoms with van der Waals surface area (Å²) in [7, 11) is 0. The molecule has 0 aliphatic carbocycles. The lowest BCUT2D eigenvalue weighted by Gasteiger charge is -2.19. The summed E-state index contributed by atoms with van der Waals surface area (Å²) in [6.45, 7) is 6.52. The second kappa shape index (κ2) is 7.05. The molecule has 0 amide bonds. The van der Waals surface area contributed by atoms with Gasteiger partial charge in [-0.15, -0.1) is 5.10 Å². The van der Waals surface area contributed by atoms with Gasteiger partial charge in [0.05, 0.1) is 6.20 Å². The van der Waals surface area contributed by atoms with E-state index in [4.69, 9.17) is 11.6 Å². The van der Waals surface area contributed by atoms with E-state index in [2.05, 4.69) is 39.2 Å². The van der Waals surface area contributed by atoms with Gasteiger partial charge in [-0.25, -0.2) is 0 Å². The van der Waals surface area contributed by atoms with Crippen LogP contribution in [0.1, 0.15) is 19.4 Å². The van der Waals surface area contributed by atoms with Gasteiger partial charge in [-0.05, 0) is 25.5 Å². The molecule has 0 radical (unpaired) electrons. The largest absolute Gasteiger partial charge is 0.356 e. The number of anilines is 2. The molecule has 0 bridgehead atoms. The number of benzene rings is 1. The standard InChI is InChI=1S/C14H18ClN5/c1-3-20(4-2)13-10-17-19-14(18-13)16-9-11-7-5-6-8-12(11)15/h5-8,10H,3-4,9H2,1-2H3,(H,16,18,19). The van der Waals surface area contributed by atoms with Gasteiger partial charge in [0.25, 0.3) is 0 Å². The molecule has 2 rings (SSSR count). The highest BCUT2D eigenvalue weighted by Crippen LogP contribution is 2.16. The summed E-state index contributed by atoms with van der Waals surface area (Å²) < 4.78 is 0. The maximum atomic E-state index is 6.11. The third-order valence-electron chi connectivity index (χ3n) is 3.03. The zero-order chi connectivity index (χ0) is 14.4. The smallest absolute Gasteiger partial charge is 0.244 e. The molecule has 1 aromatic heterocycles. The summed E-state index contributed by atoms with van der Waals surface area (Å²) in [5.74, 6) is 1.33. The fourth-order valence-electron chi connectivity index (χ4n) is 1.89. The first-order valence-corrected chi connectivity index (χ1v) is 7.04. The van der Waals surface area contributed by atoms with Gasteiger partial charge in [-0.2, -0.15) is 10.1 Å². The molecule has 106 valence electrons. The maximum absolute atomic E-state index is 6.11. The summed E-state index contributed by atoms with van der Waals surface area (Å²) >= 11 is 6.11. The molecule has 0 spiro atoms. The van der Waals surface area contributed by atoms with Crippen molar-refractivity contribution >= 4 is 23.4 Å². The molecule has 20 heavy (non-hydrogen) atoms. The highest BCUT2D eigenvalue weighted by molar-refractivity contribution is 6.31. The zero-order valence-electron chi connectivity index (χ0n) is 11.7. The Morgan fingerprint density at radius 2 is 1.95 bits per heavy atom. The number of halogens is 1. The summed E-state index contributed by atoms with van der Waals surface area (Å²) in [6, 6.07) is 7.69. The number of hydrogen-bond acceptors (Lipinski definition) is 5. The van der Waals surface area contributed by atoms with Crippen LogP contribution in [0.4, 0.5) is 11.8 Å². The van der Waals surface area contributed by atoms with Crippen LogP contribution in [-0.2, 0) is 6.54 Å². The Morgan fingerprint density at radius 3 is 2.65 bits per heavy atom. The van der Waals surface area contributed by atoms with Gasteiger partial charge in [-0.3, -0.25) is 0 Å². The van der Waals surface area contributed by atoms with E-state index in [0.717, 1.165) is 29.5 Å². The summed E-state index contributed by atoms with van der Waals surface area (Å²) in [6.07, 6.45) is 1.67. The lowest BCUT2D eigenvalue weighted by atomic mass is 10.2. The fraction of sp³-hybridized carbons (Fsp3) is 0.357. The molecule has 0 atom stereocenters. The van der Waals surface area contributed by atoms with Crippen LogP contribution in [0.15, 0.2) is 30.5 Å². The van der Waals surface area contributed by atoms with Gasteiger partial charge < -0.3 is 10.2 Å². The summed E-state index contributed by atoms with van der Waals surface area (Å²) in [5, 5.41) is 11.9. The van der Waals surface area contributed by atoms with Crippen molar-refractivity contribution in [3.63, 3.8) is 0 Å². The molecular weight excluding hydrogens is 274 g/mol. The number of hydrogen-bond donors (Lipinski definition) is 1. The van der Waals surface area contributed by atoms with Crippen molar-refractivity contribution in [1.29, 1.82) is 0 Å². The van der Waals surface area contributed by atoms with E-state index in [9.17, 15) is 0 Å². The van der Waals surface area contributed by atoms with Gasteiger partial charge in [-0.1, -0.05) is 29.8 Å². The molecule has 0 saturated heterocycles. The van der Waals surface area contributed by atoms with Gasteiger partial charge in [0.15, 0.2) is 5.82 Å². The topological polar surface area (TPSA) is 53.9 Å². The van der Waals surface area contributed by atoms with E-state index in [0.29, 0.717) is 12.5 Å². The lowest BCUT2D eigenvalue weighted by Crippen LogP contribution is -2.23. The van der Waals surface area contributed by atoms with Crippen molar-refractivity contribution in [3.05, 3.63) is 41.0 Å². The van der Waals surface area contributed by atoms with Gasteiger partial charge in [0.1, 0.15) is 0 Å². The van der Waals surface area contributed by atoms with Crippen molar-refractivity contribution in [2.75, 3.05) is 23.3 Å². The van der Waals surface area contributed by atoms with Crippen LogP contribution in [0.5, 0.6) is 0 Å². The molecule has 0 unspecified atom stereocenters.